The van der Waals surface area contributed by atoms with E-state index in [-0.39, 0.29) is 11.9 Å². The molecule has 4 rings (SSSR count). The molecule has 5 atom stereocenters. The fraction of sp³-hybridized carbons (Fsp3) is 0.387. The minimum Gasteiger partial charge on any atom is -0.494 e. The van der Waals surface area contributed by atoms with Crippen LogP contribution in [-0.4, -0.2) is 64.0 Å². The van der Waals surface area contributed by atoms with Gasteiger partial charge in [-0.3, -0.25) is 4.79 Å². The van der Waals surface area contributed by atoms with Gasteiger partial charge in [-0.15, -0.1) is 11.8 Å². The third kappa shape index (κ3) is 7.57. The Morgan fingerprint density at radius 3 is 2.35 bits per heavy atom. The van der Waals surface area contributed by atoms with E-state index in [2.05, 4.69) is 5.32 Å². The van der Waals surface area contributed by atoms with E-state index in [1.165, 1.54) is 11.8 Å². The fourth-order valence-electron chi connectivity index (χ4n) is 4.59. The van der Waals surface area contributed by atoms with Crippen LogP contribution in [0.15, 0.2) is 71.6 Å². The average molecular weight is 586 g/mol. The zero-order valence-corrected chi connectivity index (χ0v) is 24.4. The maximum absolute atomic E-state index is 12.2. The van der Waals surface area contributed by atoms with Crippen molar-refractivity contribution in [1.29, 1.82) is 0 Å². The summed E-state index contributed by atoms with van der Waals surface area (Å²) in [6.07, 6.45) is -4.96. The molecule has 3 aromatic carbocycles. The van der Waals surface area contributed by atoms with Crippen LogP contribution in [0, 0.1) is 0 Å². The molecule has 0 spiro atoms. The molecule has 3 aromatic rings. The van der Waals surface area contributed by atoms with Gasteiger partial charge in [0.15, 0.2) is 0 Å². The van der Waals surface area contributed by atoms with E-state index in [0.717, 1.165) is 21.8 Å². The van der Waals surface area contributed by atoms with Crippen LogP contribution in [0.5, 0.6) is 5.75 Å². The predicted molar refractivity (Wildman–Crippen MR) is 157 cm³/mol. The predicted octanol–water partition coefficient (Wildman–Crippen LogP) is 4.78. The van der Waals surface area contributed by atoms with Crippen molar-refractivity contribution in [3.8, 4) is 5.75 Å². The minimum absolute atomic E-state index is 0.0464. The van der Waals surface area contributed by atoms with Crippen molar-refractivity contribution in [3.63, 3.8) is 0 Å². The van der Waals surface area contributed by atoms with Crippen LogP contribution >= 0.6 is 23.4 Å². The van der Waals surface area contributed by atoms with Crippen LogP contribution in [0.4, 0.5) is 0 Å². The van der Waals surface area contributed by atoms with Gasteiger partial charge in [0.05, 0.1) is 12.7 Å². The number of aliphatic hydroxyl groups is 3. The first-order valence-electron chi connectivity index (χ1n) is 13.4. The number of hydrogen-bond acceptors (Lipinski definition) is 7. The van der Waals surface area contributed by atoms with Crippen LogP contribution < -0.4 is 10.1 Å². The molecule has 0 saturated carbocycles. The normalized spacial score (nSPS) is 22.8. The number of rotatable bonds is 10. The van der Waals surface area contributed by atoms with E-state index in [9.17, 15) is 20.1 Å². The number of benzene rings is 3. The Morgan fingerprint density at radius 1 is 1.00 bits per heavy atom. The number of thioether (sulfide) groups is 1. The second-order valence-corrected chi connectivity index (χ2v) is 11.6. The molecular weight excluding hydrogens is 550 g/mol. The first kappa shape index (κ1) is 30.4. The third-order valence-electron chi connectivity index (χ3n) is 6.69. The smallest absolute Gasteiger partial charge is 0.251 e. The van der Waals surface area contributed by atoms with E-state index in [4.69, 9.17) is 21.1 Å². The SMILES string of the molecule is CCOc1ccc(Cc2cc([C@@H]3O[C@H](CSc4ccc(C(=O)NC(C)C)cc4)[C@@H](O)[C@H](O)[C@H]3O)ccc2Cl)cc1. The standard InChI is InChI=1S/C31H36ClNO6S/c1-4-38-23-10-5-19(6-11-23)15-22-16-21(9-14-25(22)32)30-29(36)28(35)27(34)26(39-30)17-40-24-12-7-20(8-13-24)31(37)33-18(2)3/h5-14,16,18,26-30,34-36H,4,15,17H2,1-3H3,(H,33,37)/t26-,27-,28+,29-,30+/m1/s1. The van der Waals surface area contributed by atoms with Crippen molar-refractivity contribution in [3.05, 3.63) is 94.0 Å². The summed E-state index contributed by atoms with van der Waals surface area (Å²) in [4.78, 5) is 13.1. The van der Waals surface area contributed by atoms with Gasteiger partial charge >= 0.3 is 0 Å². The summed E-state index contributed by atoms with van der Waals surface area (Å²) in [5.41, 5.74) is 3.13. The molecule has 1 heterocycles. The molecule has 1 fully saturated rings. The van der Waals surface area contributed by atoms with Gasteiger partial charge in [0.2, 0.25) is 0 Å². The van der Waals surface area contributed by atoms with Crippen molar-refractivity contribution in [2.24, 2.45) is 0 Å². The molecule has 0 radical (unpaired) electrons. The maximum atomic E-state index is 12.2. The Balaban J connectivity index is 1.45. The average Bonchev–Trinajstić information content (AvgIpc) is 2.94. The van der Waals surface area contributed by atoms with E-state index in [0.29, 0.717) is 34.9 Å². The number of ether oxygens (including phenoxy) is 2. The molecule has 40 heavy (non-hydrogen) atoms. The lowest BCUT2D eigenvalue weighted by molar-refractivity contribution is -0.218. The highest BCUT2D eigenvalue weighted by Gasteiger charge is 2.44. The minimum atomic E-state index is -1.38. The third-order valence-corrected chi connectivity index (χ3v) is 8.16. The number of aliphatic hydroxyl groups excluding tert-OH is 3. The molecule has 1 amide bonds. The fourth-order valence-corrected chi connectivity index (χ4v) is 5.73. The number of carbonyl (C=O) groups excluding carboxylic acids is 1. The molecule has 0 aromatic heterocycles. The molecule has 7 nitrogen and oxygen atoms in total. The molecule has 4 N–H and O–H groups in total. The number of carbonyl (C=O) groups is 1. The highest BCUT2D eigenvalue weighted by Crippen LogP contribution is 2.36. The number of nitrogens with one attached hydrogen (secondary N) is 1. The summed E-state index contributed by atoms with van der Waals surface area (Å²) in [6.45, 7) is 6.35. The molecule has 1 aliphatic heterocycles. The van der Waals surface area contributed by atoms with Gasteiger partial charge in [-0.25, -0.2) is 0 Å². The first-order valence-corrected chi connectivity index (χ1v) is 14.8. The first-order chi connectivity index (χ1) is 19.2. The molecule has 0 bridgehead atoms. The Labute approximate surface area is 244 Å². The highest BCUT2D eigenvalue weighted by atomic mass is 35.5. The van der Waals surface area contributed by atoms with Gasteiger partial charge in [-0.1, -0.05) is 35.9 Å². The molecule has 0 unspecified atom stereocenters. The summed E-state index contributed by atoms with van der Waals surface area (Å²) < 4.78 is 11.7. The lowest BCUT2D eigenvalue weighted by Gasteiger charge is -2.41. The number of amides is 1. The molecule has 1 saturated heterocycles. The van der Waals surface area contributed by atoms with E-state index in [1.54, 1.807) is 24.3 Å². The van der Waals surface area contributed by atoms with Crippen molar-refractivity contribution in [1.82, 2.24) is 5.32 Å². The summed E-state index contributed by atoms with van der Waals surface area (Å²) in [6, 6.07) is 20.4. The molecular formula is C31H36ClNO6S. The van der Waals surface area contributed by atoms with Gasteiger partial charge in [0.25, 0.3) is 5.91 Å². The highest BCUT2D eigenvalue weighted by molar-refractivity contribution is 7.99. The van der Waals surface area contributed by atoms with Gasteiger partial charge in [0.1, 0.15) is 30.2 Å². The van der Waals surface area contributed by atoms with E-state index >= 15 is 0 Å². The van der Waals surface area contributed by atoms with Crippen LogP contribution in [0.25, 0.3) is 0 Å². The van der Waals surface area contributed by atoms with Gasteiger partial charge in [0, 0.05) is 27.3 Å². The van der Waals surface area contributed by atoms with Crippen LogP contribution in [-0.2, 0) is 11.2 Å². The molecule has 9 heteroatoms. The maximum Gasteiger partial charge on any atom is 0.251 e. The van der Waals surface area contributed by atoms with Crippen LogP contribution in [0.1, 0.15) is 53.9 Å². The number of hydrogen-bond donors (Lipinski definition) is 4. The summed E-state index contributed by atoms with van der Waals surface area (Å²) in [5, 5.41) is 35.6. The summed E-state index contributed by atoms with van der Waals surface area (Å²) >= 11 is 7.95. The van der Waals surface area contributed by atoms with Gasteiger partial charge in [-0.2, -0.15) is 0 Å². The quantitative estimate of drug-likeness (QED) is 0.254. The van der Waals surface area contributed by atoms with Crippen molar-refractivity contribution in [2.45, 2.75) is 68.6 Å². The van der Waals surface area contributed by atoms with Crippen LogP contribution in [0.2, 0.25) is 5.02 Å². The van der Waals surface area contributed by atoms with Crippen molar-refractivity contribution >= 4 is 29.3 Å². The van der Waals surface area contributed by atoms with Gasteiger partial charge in [-0.05, 0) is 86.3 Å². The second kappa shape index (κ2) is 13.9. The Morgan fingerprint density at radius 2 is 1.70 bits per heavy atom. The topological polar surface area (TPSA) is 108 Å². The van der Waals surface area contributed by atoms with Crippen molar-refractivity contribution in [2.75, 3.05) is 12.4 Å². The Bertz CT molecular complexity index is 1270. The summed E-state index contributed by atoms with van der Waals surface area (Å²) in [5.74, 6) is 1.00. The zero-order chi connectivity index (χ0) is 28.8. The Hall–Kier alpha value is -2.59. The van der Waals surface area contributed by atoms with E-state index in [1.807, 2.05) is 63.2 Å². The lowest BCUT2D eigenvalue weighted by Crippen LogP contribution is -2.54. The summed E-state index contributed by atoms with van der Waals surface area (Å²) in [7, 11) is 0. The monoisotopic (exact) mass is 585 g/mol. The lowest BCUT2D eigenvalue weighted by atomic mass is 9.90. The Kier molecular flexibility index (Phi) is 10.5. The molecule has 214 valence electrons. The molecule has 0 aliphatic carbocycles. The number of halogens is 1. The molecule has 1 aliphatic rings. The second-order valence-electron chi connectivity index (χ2n) is 10.1. The zero-order valence-electron chi connectivity index (χ0n) is 22.8. The largest absolute Gasteiger partial charge is 0.494 e. The van der Waals surface area contributed by atoms with Crippen molar-refractivity contribution < 1.29 is 29.6 Å². The van der Waals surface area contributed by atoms with E-state index < -0.39 is 30.5 Å². The van der Waals surface area contributed by atoms with Gasteiger partial charge < -0.3 is 30.1 Å². The van der Waals surface area contributed by atoms with Crippen LogP contribution in [0.3, 0.4) is 0 Å².